The summed E-state index contributed by atoms with van der Waals surface area (Å²) in [7, 11) is -3.53. The third-order valence-electron chi connectivity index (χ3n) is 5.33. The third kappa shape index (κ3) is 5.55. The Morgan fingerprint density at radius 2 is 1.78 bits per heavy atom. The number of rotatable bonds is 7. The number of carbonyl (C=O) groups is 1. The number of sulfonamides is 1. The fourth-order valence-corrected chi connectivity index (χ4v) is 6.53. The zero-order chi connectivity index (χ0) is 22.6. The van der Waals surface area contributed by atoms with Crippen LogP contribution in [0, 0.1) is 5.92 Å². The lowest BCUT2D eigenvalue weighted by molar-refractivity contribution is 0.102. The number of benzene rings is 2. The summed E-state index contributed by atoms with van der Waals surface area (Å²) >= 11 is 2.87. The number of thioether (sulfide) groups is 1. The van der Waals surface area contributed by atoms with Gasteiger partial charge in [-0.1, -0.05) is 60.4 Å². The van der Waals surface area contributed by atoms with Crippen LogP contribution in [-0.2, 0) is 15.8 Å². The van der Waals surface area contributed by atoms with Crippen molar-refractivity contribution in [3.8, 4) is 0 Å². The van der Waals surface area contributed by atoms with Crippen LogP contribution in [0.25, 0.3) is 0 Å². The van der Waals surface area contributed by atoms with E-state index in [4.69, 9.17) is 0 Å². The first-order valence-corrected chi connectivity index (χ1v) is 13.6. The highest BCUT2D eigenvalue weighted by atomic mass is 32.2. The third-order valence-corrected chi connectivity index (χ3v) is 9.28. The van der Waals surface area contributed by atoms with Crippen LogP contribution in [-0.4, -0.2) is 41.9 Å². The van der Waals surface area contributed by atoms with E-state index in [0.29, 0.717) is 29.7 Å². The lowest BCUT2D eigenvalue weighted by atomic mass is 10.0. The molecule has 3 aromatic rings. The van der Waals surface area contributed by atoms with Crippen LogP contribution in [0.4, 0.5) is 5.13 Å². The zero-order valence-electron chi connectivity index (χ0n) is 17.6. The number of piperidine rings is 1. The predicted molar refractivity (Wildman–Crippen MR) is 127 cm³/mol. The van der Waals surface area contributed by atoms with Crippen LogP contribution in [0.5, 0.6) is 0 Å². The van der Waals surface area contributed by atoms with Crippen LogP contribution in [0.15, 0.2) is 63.8 Å². The molecule has 0 bridgehead atoms. The number of aromatic nitrogens is 2. The molecule has 0 saturated carbocycles. The van der Waals surface area contributed by atoms with Gasteiger partial charge in [0.15, 0.2) is 4.34 Å². The maximum Gasteiger partial charge on any atom is 0.257 e. The van der Waals surface area contributed by atoms with Gasteiger partial charge in [0, 0.05) is 24.4 Å². The molecule has 32 heavy (non-hydrogen) atoms. The largest absolute Gasteiger partial charge is 0.296 e. The van der Waals surface area contributed by atoms with Crippen LogP contribution in [0.3, 0.4) is 0 Å². The summed E-state index contributed by atoms with van der Waals surface area (Å²) < 4.78 is 28.0. The maximum absolute atomic E-state index is 12.8. The minimum atomic E-state index is -3.53. The predicted octanol–water partition coefficient (Wildman–Crippen LogP) is 4.50. The fourth-order valence-electron chi connectivity index (χ4n) is 3.36. The van der Waals surface area contributed by atoms with E-state index in [9.17, 15) is 13.2 Å². The number of carbonyl (C=O) groups excluding carboxylic acids is 1. The number of amides is 1. The second kappa shape index (κ2) is 10.1. The van der Waals surface area contributed by atoms with E-state index in [-0.39, 0.29) is 10.8 Å². The number of nitrogens with zero attached hydrogens (tertiary/aromatic N) is 3. The Bertz CT molecular complexity index is 1160. The van der Waals surface area contributed by atoms with E-state index in [2.05, 4.69) is 22.4 Å². The van der Waals surface area contributed by atoms with Crippen molar-refractivity contribution in [2.45, 2.75) is 34.8 Å². The Kier molecular flexibility index (Phi) is 7.24. The van der Waals surface area contributed by atoms with Crippen molar-refractivity contribution in [1.29, 1.82) is 0 Å². The Morgan fingerprint density at radius 1 is 1.09 bits per heavy atom. The molecule has 0 radical (unpaired) electrons. The van der Waals surface area contributed by atoms with E-state index in [1.807, 2.05) is 30.3 Å². The first-order chi connectivity index (χ1) is 15.4. The molecule has 7 nitrogen and oxygen atoms in total. The molecule has 0 unspecified atom stereocenters. The van der Waals surface area contributed by atoms with Crippen molar-refractivity contribution in [1.82, 2.24) is 14.5 Å². The first-order valence-electron chi connectivity index (χ1n) is 10.3. The van der Waals surface area contributed by atoms with Gasteiger partial charge in [0.1, 0.15) is 0 Å². The topological polar surface area (TPSA) is 92.3 Å². The molecular weight excluding hydrogens is 464 g/mol. The van der Waals surface area contributed by atoms with Gasteiger partial charge < -0.3 is 0 Å². The normalized spacial score (nSPS) is 15.5. The number of anilines is 1. The fraction of sp³-hybridized carbons (Fsp3) is 0.318. The van der Waals surface area contributed by atoms with Gasteiger partial charge >= 0.3 is 0 Å². The summed E-state index contributed by atoms with van der Waals surface area (Å²) in [5.74, 6) is 0.969. The molecule has 1 aromatic heterocycles. The first kappa shape index (κ1) is 22.9. The van der Waals surface area contributed by atoms with E-state index in [1.54, 1.807) is 11.8 Å². The van der Waals surface area contributed by atoms with Crippen LogP contribution in [0.2, 0.25) is 0 Å². The molecule has 10 heteroatoms. The molecule has 1 fully saturated rings. The van der Waals surface area contributed by atoms with Gasteiger partial charge in [0.25, 0.3) is 5.91 Å². The lowest BCUT2D eigenvalue weighted by Crippen LogP contribution is -2.37. The Morgan fingerprint density at radius 3 is 2.47 bits per heavy atom. The number of hydrogen-bond acceptors (Lipinski definition) is 7. The van der Waals surface area contributed by atoms with Crippen LogP contribution < -0.4 is 5.32 Å². The SMILES string of the molecule is CC1CCN(S(=O)(=O)c2ccc(C(=O)Nc3nnc(SCc4ccccc4)s3)cc2)CC1. The minimum Gasteiger partial charge on any atom is -0.296 e. The molecule has 1 N–H and O–H groups in total. The Balaban J connectivity index is 1.35. The van der Waals surface area contributed by atoms with E-state index < -0.39 is 10.0 Å². The molecular formula is C22H24N4O3S3. The summed E-state index contributed by atoms with van der Waals surface area (Å²) in [4.78, 5) is 12.8. The summed E-state index contributed by atoms with van der Waals surface area (Å²) in [6, 6.07) is 16.1. The van der Waals surface area contributed by atoms with Crippen molar-refractivity contribution in [2.75, 3.05) is 18.4 Å². The highest BCUT2D eigenvalue weighted by Crippen LogP contribution is 2.29. The average molecular weight is 489 g/mol. The van der Waals surface area contributed by atoms with E-state index >= 15 is 0 Å². The number of nitrogens with one attached hydrogen (secondary N) is 1. The molecule has 1 aliphatic heterocycles. The van der Waals surface area contributed by atoms with Gasteiger partial charge in [-0.2, -0.15) is 4.31 Å². The van der Waals surface area contributed by atoms with Crippen molar-refractivity contribution >= 4 is 44.2 Å². The molecule has 2 aromatic carbocycles. The molecule has 4 rings (SSSR count). The highest BCUT2D eigenvalue weighted by molar-refractivity contribution is 8.00. The highest BCUT2D eigenvalue weighted by Gasteiger charge is 2.28. The lowest BCUT2D eigenvalue weighted by Gasteiger charge is -2.29. The van der Waals surface area contributed by atoms with Gasteiger partial charge in [0.2, 0.25) is 15.2 Å². The van der Waals surface area contributed by atoms with E-state index in [1.165, 1.54) is 45.5 Å². The van der Waals surface area contributed by atoms with Crippen molar-refractivity contribution in [3.05, 3.63) is 65.7 Å². The molecule has 1 aliphatic rings. The monoisotopic (exact) mass is 488 g/mol. The average Bonchev–Trinajstić information content (AvgIpc) is 3.26. The van der Waals surface area contributed by atoms with Gasteiger partial charge in [0.05, 0.1) is 4.90 Å². The molecule has 0 aliphatic carbocycles. The molecule has 168 valence electrons. The van der Waals surface area contributed by atoms with Gasteiger partial charge in [-0.05, 0) is 48.6 Å². The minimum absolute atomic E-state index is 0.208. The summed E-state index contributed by atoms with van der Waals surface area (Å²) in [5.41, 5.74) is 1.55. The maximum atomic E-state index is 12.8. The van der Waals surface area contributed by atoms with Crippen molar-refractivity contribution < 1.29 is 13.2 Å². The zero-order valence-corrected chi connectivity index (χ0v) is 20.0. The Labute approximate surface area is 196 Å². The van der Waals surface area contributed by atoms with Gasteiger partial charge in [-0.25, -0.2) is 8.42 Å². The molecule has 1 saturated heterocycles. The summed E-state index contributed by atoms with van der Waals surface area (Å²) in [6.45, 7) is 3.21. The van der Waals surface area contributed by atoms with Crippen molar-refractivity contribution in [3.63, 3.8) is 0 Å². The second-order valence-corrected chi connectivity index (χ2v) is 11.9. The molecule has 1 amide bonds. The summed E-state index contributed by atoms with van der Waals surface area (Å²) in [5, 5.41) is 11.3. The standard InChI is InChI=1S/C22H24N4O3S3/c1-16-11-13-26(14-12-16)32(28,29)19-9-7-18(8-10-19)20(27)23-21-24-25-22(31-21)30-15-17-5-3-2-4-6-17/h2-10,16H,11-15H2,1H3,(H,23,24,27). The summed E-state index contributed by atoms with van der Waals surface area (Å²) in [6.07, 6.45) is 1.74. The van der Waals surface area contributed by atoms with Crippen LogP contribution in [0.1, 0.15) is 35.7 Å². The molecule has 0 spiro atoms. The van der Waals surface area contributed by atoms with Gasteiger partial charge in [-0.15, -0.1) is 10.2 Å². The molecule has 2 heterocycles. The number of hydrogen-bond donors (Lipinski definition) is 1. The Hall–Kier alpha value is -2.27. The quantitative estimate of drug-likeness (QED) is 0.389. The van der Waals surface area contributed by atoms with Crippen molar-refractivity contribution in [2.24, 2.45) is 5.92 Å². The smallest absolute Gasteiger partial charge is 0.257 e. The second-order valence-electron chi connectivity index (χ2n) is 7.71. The van der Waals surface area contributed by atoms with Gasteiger partial charge in [-0.3, -0.25) is 10.1 Å². The van der Waals surface area contributed by atoms with Crippen LogP contribution >= 0.6 is 23.1 Å². The molecule has 0 atom stereocenters. The van der Waals surface area contributed by atoms with E-state index in [0.717, 1.165) is 22.9 Å².